The molecule has 7 nitrogen and oxygen atoms in total. The van der Waals surface area contributed by atoms with E-state index >= 15 is 0 Å². The number of carbonyl (C=O) groups excluding carboxylic acids is 1. The number of pyridine rings is 1. The van der Waals surface area contributed by atoms with Gasteiger partial charge in [-0.1, -0.05) is 12.1 Å². The van der Waals surface area contributed by atoms with Crippen molar-refractivity contribution in [3.8, 4) is 0 Å². The highest BCUT2D eigenvalue weighted by Crippen LogP contribution is 2.20. The molecule has 0 spiro atoms. The van der Waals surface area contributed by atoms with E-state index in [4.69, 9.17) is 0 Å². The minimum Gasteiger partial charge on any atom is -0.321 e. The third-order valence-electron chi connectivity index (χ3n) is 4.24. The summed E-state index contributed by atoms with van der Waals surface area (Å²) in [7, 11) is 1.85. The van der Waals surface area contributed by atoms with Gasteiger partial charge in [0.15, 0.2) is 5.65 Å². The number of carbonyl (C=O) groups is 1. The summed E-state index contributed by atoms with van der Waals surface area (Å²) in [4.78, 5) is 16.9. The van der Waals surface area contributed by atoms with Gasteiger partial charge in [0.25, 0.3) is 5.91 Å². The lowest BCUT2D eigenvalue weighted by atomic mass is 10.1. The first-order chi connectivity index (χ1) is 12.6. The number of fused-ring (bicyclic) bond motifs is 1. The van der Waals surface area contributed by atoms with Gasteiger partial charge in [0, 0.05) is 30.4 Å². The van der Waals surface area contributed by atoms with E-state index in [0.717, 1.165) is 22.3 Å². The van der Waals surface area contributed by atoms with Gasteiger partial charge in [-0.2, -0.15) is 10.2 Å². The summed E-state index contributed by atoms with van der Waals surface area (Å²) in [5.41, 5.74) is 4.01. The smallest absolute Gasteiger partial charge is 0.255 e. The zero-order valence-corrected chi connectivity index (χ0v) is 14.5. The van der Waals surface area contributed by atoms with Gasteiger partial charge in [0.2, 0.25) is 0 Å². The lowest BCUT2D eigenvalue weighted by molar-refractivity contribution is 0.102. The van der Waals surface area contributed by atoms with E-state index in [2.05, 4.69) is 20.5 Å². The van der Waals surface area contributed by atoms with Gasteiger partial charge in [-0.3, -0.25) is 14.2 Å². The van der Waals surface area contributed by atoms with E-state index in [1.165, 1.54) is 0 Å². The molecular weight excluding hydrogens is 328 g/mol. The van der Waals surface area contributed by atoms with Crippen molar-refractivity contribution in [2.24, 2.45) is 7.05 Å². The van der Waals surface area contributed by atoms with Gasteiger partial charge in [-0.05, 0) is 36.8 Å². The molecule has 7 heteroatoms. The summed E-state index contributed by atoms with van der Waals surface area (Å²) < 4.78 is 3.57. The van der Waals surface area contributed by atoms with Gasteiger partial charge >= 0.3 is 0 Å². The maximum absolute atomic E-state index is 12.5. The van der Waals surface area contributed by atoms with E-state index in [-0.39, 0.29) is 5.91 Å². The van der Waals surface area contributed by atoms with Crippen molar-refractivity contribution in [1.82, 2.24) is 24.5 Å². The van der Waals surface area contributed by atoms with Gasteiger partial charge < -0.3 is 5.32 Å². The molecule has 0 saturated heterocycles. The molecule has 0 aliphatic carbocycles. The van der Waals surface area contributed by atoms with Gasteiger partial charge in [0.1, 0.15) is 0 Å². The topological polar surface area (TPSA) is 77.6 Å². The predicted molar refractivity (Wildman–Crippen MR) is 99.0 cm³/mol. The Morgan fingerprint density at radius 1 is 1.23 bits per heavy atom. The number of nitrogens with zero attached hydrogens (tertiary/aromatic N) is 5. The van der Waals surface area contributed by atoms with E-state index in [9.17, 15) is 4.79 Å². The highest BCUT2D eigenvalue weighted by molar-refractivity contribution is 6.04. The third kappa shape index (κ3) is 3.06. The van der Waals surface area contributed by atoms with Crippen molar-refractivity contribution < 1.29 is 4.79 Å². The Bertz CT molecular complexity index is 1060. The molecule has 0 fully saturated rings. The first kappa shape index (κ1) is 16.0. The lowest BCUT2D eigenvalue weighted by Gasteiger charge is -2.07. The zero-order chi connectivity index (χ0) is 18.1. The van der Waals surface area contributed by atoms with Crippen molar-refractivity contribution in [1.29, 1.82) is 0 Å². The van der Waals surface area contributed by atoms with Crippen LogP contribution in [0.25, 0.3) is 11.0 Å². The number of amides is 1. The summed E-state index contributed by atoms with van der Waals surface area (Å²) in [6.07, 6.45) is 5.30. The predicted octanol–water partition coefficient (Wildman–Crippen LogP) is 2.77. The summed E-state index contributed by atoms with van der Waals surface area (Å²) in [5, 5.41) is 12.4. The Morgan fingerprint density at radius 3 is 2.77 bits per heavy atom. The minimum atomic E-state index is -0.168. The normalized spacial score (nSPS) is 11.0. The van der Waals surface area contributed by atoms with E-state index in [1.807, 2.05) is 61.2 Å². The van der Waals surface area contributed by atoms with Crippen LogP contribution in [0, 0.1) is 6.92 Å². The molecule has 0 aliphatic rings. The minimum absolute atomic E-state index is 0.168. The van der Waals surface area contributed by atoms with Crippen molar-refractivity contribution in [3.05, 3.63) is 71.8 Å². The van der Waals surface area contributed by atoms with Crippen molar-refractivity contribution in [2.45, 2.75) is 13.5 Å². The first-order valence-electron chi connectivity index (χ1n) is 8.27. The zero-order valence-electron chi connectivity index (χ0n) is 14.5. The average Bonchev–Trinajstić information content (AvgIpc) is 3.24. The van der Waals surface area contributed by atoms with Gasteiger partial charge in [-0.15, -0.1) is 0 Å². The summed E-state index contributed by atoms with van der Waals surface area (Å²) in [6, 6.07) is 11.3. The Balaban J connectivity index is 1.50. The second-order valence-corrected chi connectivity index (χ2v) is 6.16. The fourth-order valence-corrected chi connectivity index (χ4v) is 2.92. The molecule has 0 aliphatic heterocycles. The van der Waals surface area contributed by atoms with Crippen molar-refractivity contribution in [2.75, 3.05) is 5.32 Å². The van der Waals surface area contributed by atoms with Gasteiger partial charge in [-0.25, -0.2) is 4.98 Å². The molecule has 1 amide bonds. The number of aryl methyl sites for hydroxylation is 2. The van der Waals surface area contributed by atoms with Crippen molar-refractivity contribution >= 4 is 22.6 Å². The Labute approximate surface area is 150 Å². The van der Waals surface area contributed by atoms with Crippen LogP contribution in [0.4, 0.5) is 5.69 Å². The molecule has 130 valence electrons. The van der Waals surface area contributed by atoms with Crippen LogP contribution in [-0.4, -0.2) is 30.5 Å². The standard InChI is InChI=1S/C19H18N6O/c1-13-17-10-16(11-20-18(17)24(2)23-13)22-19(26)15-6-4-14(5-7-15)12-25-9-3-8-21-25/h3-11H,12H2,1-2H3,(H,22,26). The van der Waals surface area contributed by atoms with E-state index in [1.54, 1.807) is 17.1 Å². The third-order valence-corrected chi connectivity index (χ3v) is 4.24. The summed E-state index contributed by atoms with van der Waals surface area (Å²) >= 11 is 0. The number of nitrogens with one attached hydrogen (secondary N) is 1. The molecule has 26 heavy (non-hydrogen) atoms. The summed E-state index contributed by atoms with van der Waals surface area (Å²) in [6.45, 7) is 2.60. The quantitative estimate of drug-likeness (QED) is 0.616. The maximum atomic E-state index is 12.5. The highest BCUT2D eigenvalue weighted by Gasteiger charge is 2.10. The Morgan fingerprint density at radius 2 is 2.04 bits per heavy atom. The molecule has 0 unspecified atom stereocenters. The van der Waals surface area contributed by atoms with Crippen molar-refractivity contribution in [3.63, 3.8) is 0 Å². The second-order valence-electron chi connectivity index (χ2n) is 6.16. The van der Waals surface area contributed by atoms with Crippen LogP contribution in [0.3, 0.4) is 0 Å². The summed E-state index contributed by atoms with van der Waals surface area (Å²) in [5.74, 6) is -0.168. The number of rotatable bonds is 4. The Kier molecular flexibility index (Phi) is 3.96. The van der Waals surface area contributed by atoms with Crippen LogP contribution < -0.4 is 5.32 Å². The molecular formula is C19H18N6O. The molecule has 1 aromatic carbocycles. The first-order valence-corrected chi connectivity index (χ1v) is 8.27. The molecule has 0 saturated carbocycles. The molecule has 1 N–H and O–H groups in total. The second kappa shape index (κ2) is 6.44. The number of aromatic nitrogens is 5. The molecule has 0 radical (unpaired) electrons. The lowest BCUT2D eigenvalue weighted by Crippen LogP contribution is -2.12. The number of benzene rings is 1. The number of anilines is 1. The largest absolute Gasteiger partial charge is 0.321 e. The fraction of sp³-hybridized carbons (Fsp3) is 0.158. The van der Waals surface area contributed by atoms with Crippen LogP contribution in [0.2, 0.25) is 0 Å². The molecule has 3 heterocycles. The molecule has 3 aromatic heterocycles. The molecule has 0 bridgehead atoms. The average molecular weight is 346 g/mol. The van der Waals surface area contributed by atoms with Crippen LogP contribution in [0.5, 0.6) is 0 Å². The van der Waals surface area contributed by atoms with Crippen LogP contribution in [0.15, 0.2) is 55.0 Å². The van der Waals surface area contributed by atoms with Gasteiger partial charge in [0.05, 0.1) is 24.1 Å². The number of hydrogen-bond acceptors (Lipinski definition) is 4. The van der Waals surface area contributed by atoms with E-state index < -0.39 is 0 Å². The SMILES string of the molecule is Cc1nn(C)c2ncc(NC(=O)c3ccc(Cn4cccn4)cc3)cc12. The van der Waals surface area contributed by atoms with E-state index in [0.29, 0.717) is 17.8 Å². The Hall–Kier alpha value is -3.48. The molecule has 4 rings (SSSR count). The number of hydrogen-bond donors (Lipinski definition) is 1. The monoisotopic (exact) mass is 346 g/mol. The fourth-order valence-electron chi connectivity index (χ4n) is 2.92. The molecule has 4 aromatic rings. The highest BCUT2D eigenvalue weighted by atomic mass is 16.1. The van der Waals surface area contributed by atoms with Crippen LogP contribution in [0.1, 0.15) is 21.6 Å². The van der Waals surface area contributed by atoms with Crippen LogP contribution >= 0.6 is 0 Å². The van der Waals surface area contributed by atoms with Crippen LogP contribution in [-0.2, 0) is 13.6 Å². The molecule has 0 atom stereocenters. The maximum Gasteiger partial charge on any atom is 0.255 e.